The van der Waals surface area contributed by atoms with E-state index in [-0.39, 0.29) is 17.0 Å². The van der Waals surface area contributed by atoms with Crippen LogP contribution in [0.15, 0.2) is 18.2 Å². The summed E-state index contributed by atoms with van der Waals surface area (Å²) < 4.78 is 9.82. The lowest BCUT2D eigenvalue weighted by Crippen LogP contribution is -2.07. The second-order valence-electron chi connectivity index (χ2n) is 3.63. The quantitative estimate of drug-likeness (QED) is 0.337. The zero-order valence-corrected chi connectivity index (χ0v) is 10.3. The van der Waals surface area contributed by atoms with Crippen molar-refractivity contribution in [3.05, 3.63) is 33.9 Å². The first-order valence-electron chi connectivity index (χ1n) is 5.59. The molecule has 18 heavy (non-hydrogen) atoms. The number of methoxy groups -OCH3 is 1. The van der Waals surface area contributed by atoms with Gasteiger partial charge in [0.2, 0.25) is 0 Å². The molecule has 0 saturated heterocycles. The van der Waals surface area contributed by atoms with Crippen LogP contribution in [0.25, 0.3) is 0 Å². The van der Waals surface area contributed by atoms with Crippen LogP contribution in [0, 0.1) is 10.1 Å². The molecule has 1 aromatic rings. The number of rotatable bonds is 6. The maximum Gasteiger partial charge on any atom is 0.338 e. The number of ether oxygens (including phenoxy) is 2. The molecule has 0 aromatic heterocycles. The van der Waals surface area contributed by atoms with Gasteiger partial charge >= 0.3 is 11.7 Å². The van der Waals surface area contributed by atoms with Gasteiger partial charge in [0.05, 0.1) is 24.2 Å². The number of esters is 1. The van der Waals surface area contributed by atoms with Crippen LogP contribution in [0.1, 0.15) is 30.1 Å². The van der Waals surface area contributed by atoms with Crippen molar-refractivity contribution in [2.75, 3.05) is 13.7 Å². The zero-order chi connectivity index (χ0) is 13.5. The van der Waals surface area contributed by atoms with Gasteiger partial charge in [-0.15, -0.1) is 0 Å². The molecule has 0 radical (unpaired) electrons. The van der Waals surface area contributed by atoms with Crippen molar-refractivity contribution in [3.63, 3.8) is 0 Å². The van der Waals surface area contributed by atoms with Crippen molar-refractivity contribution in [2.45, 2.75) is 19.8 Å². The number of nitro groups is 1. The number of nitrogens with zero attached hydrogens (tertiary/aromatic N) is 1. The maximum atomic E-state index is 11.6. The van der Waals surface area contributed by atoms with Crippen LogP contribution >= 0.6 is 0 Å². The fourth-order valence-corrected chi connectivity index (χ4v) is 1.35. The predicted molar refractivity (Wildman–Crippen MR) is 64.8 cm³/mol. The fraction of sp³-hybridized carbons (Fsp3) is 0.417. The van der Waals surface area contributed by atoms with Crippen LogP contribution in [-0.4, -0.2) is 24.6 Å². The summed E-state index contributed by atoms with van der Waals surface area (Å²) in [7, 11) is 1.33. The van der Waals surface area contributed by atoms with Gasteiger partial charge in [0, 0.05) is 6.07 Å². The number of hydrogen-bond donors (Lipinski definition) is 0. The summed E-state index contributed by atoms with van der Waals surface area (Å²) >= 11 is 0. The summed E-state index contributed by atoms with van der Waals surface area (Å²) in [4.78, 5) is 21.8. The highest BCUT2D eigenvalue weighted by Crippen LogP contribution is 2.27. The summed E-state index contributed by atoms with van der Waals surface area (Å²) in [6.07, 6.45) is 1.68. The molecule has 0 amide bonds. The average Bonchev–Trinajstić information content (AvgIpc) is 2.38. The van der Waals surface area contributed by atoms with Crippen LogP contribution in [0.5, 0.6) is 5.75 Å². The molecule has 1 rings (SSSR count). The van der Waals surface area contributed by atoms with Crippen LogP contribution < -0.4 is 4.74 Å². The molecule has 98 valence electrons. The summed E-state index contributed by atoms with van der Waals surface area (Å²) in [5, 5.41) is 10.8. The van der Waals surface area contributed by atoms with E-state index in [9.17, 15) is 14.9 Å². The van der Waals surface area contributed by atoms with Gasteiger partial charge in [-0.05, 0) is 18.6 Å². The molecule has 0 unspecified atom stereocenters. The van der Waals surface area contributed by atoms with Crippen molar-refractivity contribution in [2.24, 2.45) is 0 Å². The lowest BCUT2D eigenvalue weighted by atomic mass is 10.2. The third kappa shape index (κ3) is 3.44. The normalized spacial score (nSPS) is 9.89. The molecule has 0 N–H and O–H groups in total. The van der Waals surface area contributed by atoms with E-state index in [0.29, 0.717) is 6.61 Å². The lowest BCUT2D eigenvalue weighted by Gasteiger charge is -2.05. The van der Waals surface area contributed by atoms with E-state index in [0.717, 1.165) is 18.9 Å². The molecule has 0 atom stereocenters. The Morgan fingerprint density at radius 3 is 2.72 bits per heavy atom. The van der Waals surface area contributed by atoms with Crippen LogP contribution in [-0.2, 0) is 4.74 Å². The summed E-state index contributed by atoms with van der Waals surface area (Å²) in [5.74, 6) is -0.445. The summed E-state index contributed by atoms with van der Waals surface area (Å²) in [6.45, 7) is 2.29. The van der Waals surface area contributed by atoms with Gasteiger partial charge in [-0.3, -0.25) is 10.1 Å². The van der Waals surface area contributed by atoms with Gasteiger partial charge in [0.25, 0.3) is 0 Å². The molecule has 0 heterocycles. The molecule has 0 bridgehead atoms. The molecule has 6 heteroatoms. The van der Waals surface area contributed by atoms with E-state index in [1.807, 2.05) is 6.92 Å². The van der Waals surface area contributed by atoms with E-state index in [2.05, 4.69) is 0 Å². The average molecular weight is 253 g/mol. The Kier molecular flexibility index (Phi) is 5.10. The molecule has 0 aliphatic carbocycles. The minimum absolute atomic E-state index is 0.116. The van der Waals surface area contributed by atoms with Crippen LogP contribution in [0.3, 0.4) is 0 Å². The highest BCUT2D eigenvalue weighted by molar-refractivity contribution is 5.90. The Morgan fingerprint density at radius 2 is 2.17 bits per heavy atom. The van der Waals surface area contributed by atoms with Gasteiger partial charge in [-0.2, -0.15) is 0 Å². The van der Waals surface area contributed by atoms with E-state index in [4.69, 9.17) is 9.47 Å². The first-order chi connectivity index (χ1) is 8.60. The topological polar surface area (TPSA) is 78.7 Å². The highest BCUT2D eigenvalue weighted by atomic mass is 16.6. The number of unbranched alkanes of at least 4 members (excludes halogenated alkanes) is 1. The molecular formula is C12H15NO5. The van der Waals surface area contributed by atoms with Crippen molar-refractivity contribution < 1.29 is 19.2 Å². The molecule has 0 spiro atoms. The Hall–Kier alpha value is -2.11. The molecule has 6 nitrogen and oxygen atoms in total. The Bertz CT molecular complexity index is 444. The van der Waals surface area contributed by atoms with Gasteiger partial charge in [-0.25, -0.2) is 4.79 Å². The number of hydrogen-bond acceptors (Lipinski definition) is 5. The van der Waals surface area contributed by atoms with Crippen molar-refractivity contribution >= 4 is 11.7 Å². The van der Waals surface area contributed by atoms with Crippen molar-refractivity contribution in [1.82, 2.24) is 0 Å². The zero-order valence-electron chi connectivity index (χ0n) is 10.3. The van der Waals surface area contributed by atoms with Crippen LogP contribution in [0.4, 0.5) is 5.69 Å². The molecule has 0 aliphatic rings. The number of carbonyl (C=O) groups is 1. The van der Waals surface area contributed by atoms with Gasteiger partial charge in [0.1, 0.15) is 0 Å². The maximum absolute atomic E-state index is 11.6. The first-order valence-corrected chi connectivity index (χ1v) is 5.59. The standard InChI is InChI=1S/C12H15NO5/c1-3-4-7-18-12(14)9-5-6-11(17-2)10(8-9)13(15)16/h5-6,8H,3-4,7H2,1-2H3. The van der Waals surface area contributed by atoms with Gasteiger partial charge < -0.3 is 9.47 Å². The summed E-state index contributed by atoms with van der Waals surface area (Å²) in [5.41, 5.74) is -0.0963. The lowest BCUT2D eigenvalue weighted by molar-refractivity contribution is -0.385. The Balaban J connectivity index is 2.87. The van der Waals surface area contributed by atoms with Crippen LogP contribution in [0.2, 0.25) is 0 Å². The number of carbonyl (C=O) groups excluding carboxylic acids is 1. The first kappa shape index (κ1) is 14.0. The highest BCUT2D eigenvalue weighted by Gasteiger charge is 2.18. The molecular weight excluding hydrogens is 238 g/mol. The molecule has 0 saturated carbocycles. The third-order valence-electron chi connectivity index (χ3n) is 2.34. The van der Waals surface area contributed by atoms with Crippen molar-refractivity contribution in [1.29, 1.82) is 0 Å². The molecule has 0 aliphatic heterocycles. The minimum atomic E-state index is -0.596. The number of nitro benzene ring substituents is 1. The number of benzene rings is 1. The fourth-order valence-electron chi connectivity index (χ4n) is 1.35. The SMILES string of the molecule is CCCCOC(=O)c1ccc(OC)c([N+](=O)[O-])c1. The van der Waals surface area contributed by atoms with E-state index in [1.54, 1.807) is 0 Å². The predicted octanol–water partition coefficient (Wildman–Crippen LogP) is 2.56. The van der Waals surface area contributed by atoms with E-state index < -0.39 is 10.9 Å². The van der Waals surface area contributed by atoms with E-state index >= 15 is 0 Å². The third-order valence-corrected chi connectivity index (χ3v) is 2.34. The Morgan fingerprint density at radius 1 is 1.44 bits per heavy atom. The minimum Gasteiger partial charge on any atom is -0.490 e. The molecule has 1 aromatic carbocycles. The largest absolute Gasteiger partial charge is 0.490 e. The van der Waals surface area contributed by atoms with Crippen molar-refractivity contribution in [3.8, 4) is 5.75 Å². The monoisotopic (exact) mass is 253 g/mol. The van der Waals surface area contributed by atoms with E-state index in [1.165, 1.54) is 19.2 Å². The van der Waals surface area contributed by atoms with Gasteiger partial charge in [-0.1, -0.05) is 13.3 Å². The van der Waals surface area contributed by atoms with Gasteiger partial charge in [0.15, 0.2) is 5.75 Å². The Labute approximate surface area is 105 Å². The second-order valence-corrected chi connectivity index (χ2v) is 3.63. The summed E-state index contributed by atoms with van der Waals surface area (Å²) in [6, 6.07) is 3.99. The smallest absolute Gasteiger partial charge is 0.338 e. The molecule has 0 fully saturated rings. The second kappa shape index (κ2) is 6.58.